The smallest absolute Gasteiger partial charge is 0.338 e. The van der Waals surface area contributed by atoms with Gasteiger partial charge in [0.05, 0.1) is 10.5 Å². The van der Waals surface area contributed by atoms with Crippen LogP contribution in [0.1, 0.15) is 37.0 Å². The minimum atomic E-state index is -0.757. The van der Waals surface area contributed by atoms with Crippen LogP contribution in [0.3, 0.4) is 0 Å². The monoisotopic (exact) mass is 265 g/mol. The van der Waals surface area contributed by atoms with Crippen molar-refractivity contribution in [3.05, 3.63) is 39.9 Å². The Morgan fingerprint density at radius 2 is 1.89 bits per heavy atom. The van der Waals surface area contributed by atoms with Crippen LogP contribution in [-0.2, 0) is 9.53 Å². The fraction of sp³-hybridized carbons (Fsp3) is 0.385. The van der Waals surface area contributed by atoms with Crippen molar-refractivity contribution in [1.29, 1.82) is 0 Å². The molecule has 0 radical (unpaired) electrons. The Labute approximate surface area is 110 Å². The van der Waals surface area contributed by atoms with E-state index in [0.29, 0.717) is 6.42 Å². The van der Waals surface area contributed by atoms with Crippen LogP contribution >= 0.6 is 0 Å². The number of ether oxygens (including phenoxy) is 1. The standard InChI is InChI=1S/C13H15NO5/c1-3-4-12(9(2)15)19-13(16)10-5-7-11(8-6-10)14(17)18/h5-8,12H,3-4H2,1-2H3. The SMILES string of the molecule is CCCC(OC(=O)c1ccc([N+](=O)[O-])cc1)C(C)=O. The number of esters is 1. The molecule has 0 aliphatic heterocycles. The van der Waals surface area contributed by atoms with Crippen molar-refractivity contribution in [3.63, 3.8) is 0 Å². The highest BCUT2D eigenvalue weighted by Crippen LogP contribution is 2.14. The van der Waals surface area contributed by atoms with E-state index in [0.717, 1.165) is 6.42 Å². The summed E-state index contributed by atoms with van der Waals surface area (Å²) in [6, 6.07) is 5.06. The molecule has 6 nitrogen and oxygen atoms in total. The molecule has 1 unspecified atom stereocenters. The lowest BCUT2D eigenvalue weighted by molar-refractivity contribution is -0.384. The van der Waals surface area contributed by atoms with Gasteiger partial charge in [0, 0.05) is 12.1 Å². The van der Waals surface area contributed by atoms with Gasteiger partial charge in [-0.15, -0.1) is 0 Å². The van der Waals surface area contributed by atoms with E-state index in [1.165, 1.54) is 31.2 Å². The van der Waals surface area contributed by atoms with E-state index in [4.69, 9.17) is 4.74 Å². The number of nitro benzene ring substituents is 1. The Kier molecular flexibility index (Phi) is 5.17. The molecule has 0 aliphatic carbocycles. The van der Waals surface area contributed by atoms with Gasteiger partial charge < -0.3 is 4.74 Å². The Hall–Kier alpha value is -2.24. The molecule has 19 heavy (non-hydrogen) atoms. The second kappa shape index (κ2) is 6.63. The molecule has 0 saturated carbocycles. The van der Waals surface area contributed by atoms with Crippen LogP contribution < -0.4 is 0 Å². The molecular weight excluding hydrogens is 250 g/mol. The van der Waals surface area contributed by atoms with Gasteiger partial charge in [-0.3, -0.25) is 14.9 Å². The predicted molar refractivity (Wildman–Crippen MR) is 67.9 cm³/mol. The number of nitrogens with zero attached hydrogens (tertiary/aromatic N) is 1. The maximum atomic E-state index is 11.8. The minimum absolute atomic E-state index is 0.103. The van der Waals surface area contributed by atoms with E-state index in [-0.39, 0.29) is 17.0 Å². The van der Waals surface area contributed by atoms with Crippen LogP contribution in [-0.4, -0.2) is 22.8 Å². The topological polar surface area (TPSA) is 86.5 Å². The highest BCUT2D eigenvalue weighted by atomic mass is 16.6. The molecule has 0 N–H and O–H groups in total. The molecule has 0 heterocycles. The average molecular weight is 265 g/mol. The lowest BCUT2D eigenvalue weighted by atomic mass is 10.1. The molecule has 0 aliphatic rings. The number of Topliss-reactive ketones (excluding diaryl/α,β-unsaturated/α-hetero) is 1. The fourth-order valence-corrected chi connectivity index (χ4v) is 1.52. The Balaban J connectivity index is 2.76. The molecule has 1 aromatic rings. The second-order valence-corrected chi connectivity index (χ2v) is 4.10. The van der Waals surface area contributed by atoms with E-state index in [9.17, 15) is 19.7 Å². The molecule has 6 heteroatoms. The second-order valence-electron chi connectivity index (χ2n) is 4.10. The molecule has 0 aromatic heterocycles. The van der Waals surface area contributed by atoms with Crippen LogP contribution in [0.25, 0.3) is 0 Å². The first-order valence-electron chi connectivity index (χ1n) is 5.91. The van der Waals surface area contributed by atoms with Crippen molar-refractivity contribution >= 4 is 17.4 Å². The number of nitro groups is 1. The maximum absolute atomic E-state index is 11.8. The third kappa shape index (κ3) is 4.17. The highest BCUT2D eigenvalue weighted by Gasteiger charge is 2.19. The van der Waals surface area contributed by atoms with E-state index < -0.39 is 17.0 Å². The summed E-state index contributed by atoms with van der Waals surface area (Å²) in [4.78, 5) is 33.0. The van der Waals surface area contributed by atoms with Gasteiger partial charge in [0.1, 0.15) is 0 Å². The number of non-ortho nitro benzene ring substituents is 1. The molecule has 0 bridgehead atoms. The number of benzene rings is 1. The number of hydrogen-bond donors (Lipinski definition) is 0. The Morgan fingerprint density at radius 3 is 2.32 bits per heavy atom. The Bertz CT molecular complexity index is 480. The zero-order valence-electron chi connectivity index (χ0n) is 10.8. The van der Waals surface area contributed by atoms with Crippen LogP contribution in [0.4, 0.5) is 5.69 Å². The summed E-state index contributed by atoms with van der Waals surface area (Å²) in [7, 11) is 0. The van der Waals surface area contributed by atoms with Crippen molar-refractivity contribution in [2.24, 2.45) is 0 Å². The first kappa shape index (κ1) is 14.8. The van der Waals surface area contributed by atoms with Crippen LogP contribution in [0, 0.1) is 10.1 Å². The lowest BCUT2D eigenvalue weighted by Crippen LogP contribution is -2.25. The number of rotatable bonds is 6. The van der Waals surface area contributed by atoms with Crippen molar-refractivity contribution in [2.45, 2.75) is 32.8 Å². The quantitative estimate of drug-likeness (QED) is 0.448. The molecular formula is C13H15NO5. The largest absolute Gasteiger partial charge is 0.451 e. The van der Waals surface area contributed by atoms with Crippen molar-refractivity contribution in [1.82, 2.24) is 0 Å². The Morgan fingerprint density at radius 1 is 1.32 bits per heavy atom. The molecule has 0 fully saturated rings. The fourth-order valence-electron chi connectivity index (χ4n) is 1.52. The summed E-state index contributed by atoms with van der Waals surface area (Å²) < 4.78 is 5.08. The molecule has 1 aromatic carbocycles. The first-order valence-corrected chi connectivity index (χ1v) is 5.91. The molecule has 1 atom stereocenters. The van der Waals surface area contributed by atoms with Crippen molar-refractivity contribution in [3.8, 4) is 0 Å². The molecule has 0 saturated heterocycles. The van der Waals surface area contributed by atoms with E-state index in [1.807, 2.05) is 6.92 Å². The summed E-state index contributed by atoms with van der Waals surface area (Å²) in [5.74, 6) is -0.861. The number of hydrogen-bond acceptors (Lipinski definition) is 5. The molecule has 1 rings (SSSR count). The third-order valence-electron chi connectivity index (χ3n) is 2.57. The van der Waals surface area contributed by atoms with Gasteiger partial charge >= 0.3 is 5.97 Å². The zero-order valence-corrected chi connectivity index (χ0v) is 10.8. The highest BCUT2D eigenvalue weighted by molar-refractivity contribution is 5.92. The van der Waals surface area contributed by atoms with Gasteiger partial charge in [-0.05, 0) is 25.5 Å². The minimum Gasteiger partial charge on any atom is -0.451 e. The van der Waals surface area contributed by atoms with Gasteiger partial charge in [0.15, 0.2) is 11.9 Å². The van der Waals surface area contributed by atoms with Crippen molar-refractivity contribution < 1.29 is 19.2 Å². The van der Waals surface area contributed by atoms with Crippen LogP contribution in [0.5, 0.6) is 0 Å². The van der Waals surface area contributed by atoms with Gasteiger partial charge in [-0.1, -0.05) is 13.3 Å². The summed E-state index contributed by atoms with van der Waals surface area (Å²) in [5, 5.41) is 10.5. The first-order chi connectivity index (χ1) is 8.95. The van der Waals surface area contributed by atoms with E-state index in [2.05, 4.69) is 0 Å². The summed E-state index contributed by atoms with van der Waals surface area (Å²) in [5.41, 5.74) is 0.0844. The number of carbonyl (C=O) groups is 2. The lowest BCUT2D eigenvalue weighted by Gasteiger charge is -2.13. The van der Waals surface area contributed by atoms with Gasteiger partial charge in [-0.25, -0.2) is 4.79 Å². The summed E-state index contributed by atoms with van der Waals surface area (Å²) in [6.07, 6.45) is 0.430. The average Bonchev–Trinajstić information content (AvgIpc) is 2.38. The van der Waals surface area contributed by atoms with Crippen LogP contribution in [0.15, 0.2) is 24.3 Å². The summed E-state index contributed by atoms with van der Waals surface area (Å²) in [6.45, 7) is 3.25. The maximum Gasteiger partial charge on any atom is 0.338 e. The number of ketones is 1. The summed E-state index contributed by atoms with van der Waals surface area (Å²) >= 11 is 0. The van der Waals surface area contributed by atoms with E-state index in [1.54, 1.807) is 0 Å². The van der Waals surface area contributed by atoms with E-state index >= 15 is 0 Å². The normalized spacial score (nSPS) is 11.7. The van der Waals surface area contributed by atoms with Crippen molar-refractivity contribution in [2.75, 3.05) is 0 Å². The van der Waals surface area contributed by atoms with Gasteiger partial charge in [-0.2, -0.15) is 0 Å². The predicted octanol–water partition coefficient (Wildman–Crippen LogP) is 2.51. The van der Waals surface area contributed by atoms with Crippen LogP contribution in [0.2, 0.25) is 0 Å². The number of carbonyl (C=O) groups excluding carboxylic acids is 2. The van der Waals surface area contributed by atoms with Gasteiger partial charge in [0.2, 0.25) is 0 Å². The third-order valence-corrected chi connectivity index (χ3v) is 2.57. The molecule has 0 amide bonds. The van der Waals surface area contributed by atoms with Gasteiger partial charge in [0.25, 0.3) is 5.69 Å². The zero-order chi connectivity index (χ0) is 14.4. The molecule has 102 valence electrons. The molecule has 0 spiro atoms.